The van der Waals surface area contributed by atoms with Gasteiger partial charge in [0, 0.05) is 0 Å². The van der Waals surface area contributed by atoms with Crippen LogP contribution >= 0.6 is 11.7 Å². The second kappa shape index (κ2) is 4.24. The molecular weight excluding hydrogens is 278 g/mol. The number of aromatic nitrogens is 2. The average molecular weight is 291 g/mol. The molecule has 1 saturated carbocycles. The summed E-state index contributed by atoms with van der Waals surface area (Å²) in [6.45, 7) is 3.59. The van der Waals surface area contributed by atoms with Crippen LogP contribution in [0.2, 0.25) is 0 Å². The second-order valence-corrected chi connectivity index (χ2v) is 6.07. The molecule has 1 aliphatic rings. The number of nitrogens with zero attached hydrogens (tertiary/aromatic N) is 2. The van der Waals surface area contributed by atoms with Gasteiger partial charge in [-0.2, -0.15) is 8.75 Å². The van der Waals surface area contributed by atoms with Gasteiger partial charge in [0.05, 0.1) is 29.3 Å². The minimum absolute atomic E-state index is 0.275. The quantitative estimate of drug-likeness (QED) is 0.902. The summed E-state index contributed by atoms with van der Waals surface area (Å²) in [5.41, 5.74) is 1.42. The zero-order chi connectivity index (χ0) is 14.5. The van der Waals surface area contributed by atoms with Crippen molar-refractivity contribution in [3.8, 4) is 0 Å². The third-order valence-corrected chi connectivity index (χ3v) is 4.46. The number of amides is 1. The highest BCUT2D eigenvalue weighted by Crippen LogP contribution is 2.58. The zero-order valence-corrected chi connectivity index (χ0v) is 11.8. The van der Waals surface area contributed by atoms with Gasteiger partial charge in [0.2, 0.25) is 5.91 Å². The van der Waals surface area contributed by atoms with Crippen LogP contribution < -0.4 is 5.32 Å². The number of carbonyl (C=O) groups is 2. The number of fused-ring (bicyclic) bond motifs is 1. The lowest BCUT2D eigenvalue weighted by atomic mass is 10.1. The summed E-state index contributed by atoms with van der Waals surface area (Å²) in [6, 6.07) is 5.34. The number of nitrogens with one attached hydrogen (secondary N) is 1. The van der Waals surface area contributed by atoms with E-state index in [2.05, 4.69) is 14.1 Å². The molecule has 2 N–H and O–H groups in total. The van der Waals surface area contributed by atoms with Crippen LogP contribution in [0.25, 0.3) is 11.0 Å². The van der Waals surface area contributed by atoms with Crippen molar-refractivity contribution in [3.63, 3.8) is 0 Å². The predicted octanol–water partition coefficient (Wildman–Crippen LogP) is 1.99. The van der Waals surface area contributed by atoms with E-state index < -0.39 is 23.2 Å². The molecule has 0 bridgehead atoms. The molecule has 1 aliphatic carbocycles. The number of hydrogen-bond donors (Lipinski definition) is 2. The fourth-order valence-electron chi connectivity index (χ4n) is 2.71. The number of carboxylic acid groups (broad SMARTS) is 1. The highest BCUT2D eigenvalue weighted by molar-refractivity contribution is 7.00. The molecular formula is C13H13N3O3S. The molecule has 20 heavy (non-hydrogen) atoms. The molecule has 0 aliphatic heterocycles. The summed E-state index contributed by atoms with van der Waals surface area (Å²) in [5.74, 6) is -2.34. The highest BCUT2D eigenvalue weighted by Gasteiger charge is 2.65. The van der Waals surface area contributed by atoms with Crippen molar-refractivity contribution in [2.24, 2.45) is 17.3 Å². The maximum absolute atomic E-state index is 12.3. The molecule has 1 aromatic heterocycles. The van der Waals surface area contributed by atoms with Crippen molar-refractivity contribution in [2.45, 2.75) is 13.8 Å². The molecule has 104 valence electrons. The summed E-state index contributed by atoms with van der Waals surface area (Å²) in [4.78, 5) is 23.4. The van der Waals surface area contributed by atoms with Crippen LogP contribution in [0.1, 0.15) is 13.8 Å². The summed E-state index contributed by atoms with van der Waals surface area (Å²) < 4.78 is 8.25. The van der Waals surface area contributed by atoms with Crippen LogP contribution in [0.3, 0.4) is 0 Å². The van der Waals surface area contributed by atoms with Gasteiger partial charge in [-0.25, -0.2) is 0 Å². The Labute approximate surface area is 119 Å². The first-order valence-electron chi connectivity index (χ1n) is 6.18. The third kappa shape index (κ3) is 1.85. The zero-order valence-electron chi connectivity index (χ0n) is 11.0. The summed E-state index contributed by atoms with van der Waals surface area (Å²) in [5, 5.41) is 11.9. The van der Waals surface area contributed by atoms with E-state index in [0.717, 1.165) is 17.2 Å². The lowest BCUT2D eigenvalue weighted by molar-refractivity contribution is -0.140. The number of carbonyl (C=O) groups excluding carboxylic acids is 1. The van der Waals surface area contributed by atoms with E-state index in [4.69, 9.17) is 5.11 Å². The van der Waals surface area contributed by atoms with Gasteiger partial charge in [-0.1, -0.05) is 19.9 Å². The molecule has 0 spiro atoms. The number of carboxylic acids is 1. The maximum Gasteiger partial charge on any atom is 0.307 e. The van der Waals surface area contributed by atoms with E-state index in [1.165, 1.54) is 0 Å². The number of anilines is 1. The molecule has 1 aromatic carbocycles. The Balaban J connectivity index is 1.84. The SMILES string of the molecule is CC1(C)[C@@H](C(=O)O)[C@@H]1C(=O)Nc1cccc2nsnc12. The maximum atomic E-state index is 12.3. The first-order valence-corrected chi connectivity index (χ1v) is 6.91. The van der Waals surface area contributed by atoms with Gasteiger partial charge in [0.15, 0.2) is 0 Å². The van der Waals surface area contributed by atoms with Gasteiger partial charge >= 0.3 is 5.97 Å². The number of benzene rings is 1. The van der Waals surface area contributed by atoms with Gasteiger partial charge in [0.25, 0.3) is 0 Å². The number of aliphatic carboxylic acids is 1. The number of hydrogen-bond acceptors (Lipinski definition) is 5. The third-order valence-electron chi connectivity index (χ3n) is 3.92. The van der Waals surface area contributed by atoms with Crippen LogP contribution in [-0.2, 0) is 9.59 Å². The van der Waals surface area contributed by atoms with Crippen molar-refractivity contribution in [3.05, 3.63) is 18.2 Å². The summed E-state index contributed by atoms with van der Waals surface area (Å²) in [6.07, 6.45) is 0. The smallest absolute Gasteiger partial charge is 0.307 e. The molecule has 0 unspecified atom stereocenters. The van der Waals surface area contributed by atoms with Crippen molar-refractivity contribution in [1.29, 1.82) is 0 Å². The van der Waals surface area contributed by atoms with Crippen molar-refractivity contribution >= 4 is 40.3 Å². The molecule has 1 fully saturated rings. The van der Waals surface area contributed by atoms with Crippen LogP contribution in [0.4, 0.5) is 5.69 Å². The largest absolute Gasteiger partial charge is 0.481 e. The van der Waals surface area contributed by atoms with Gasteiger partial charge in [-0.15, -0.1) is 0 Å². The van der Waals surface area contributed by atoms with Crippen molar-refractivity contribution in [2.75, 3.05) is 5.32 Å². The van der Waals surface area contributed by atoms with Gasteiger partial charge in [-0.3, -0.25) is 9.59 Å². The molecule has 1 heterocycles. The molecule has 0 saturated heterocycles. The van der Waals surface area contributed by atoms with E-state index >= 15 is 0 Å². The Morgan fingerprint density at radius 3 is 2.70 bits per heavy atom. The van der Waals surface area contributed by atoms with Gasteiger partial charge in [-0.05, 0) is 17.5 Å². The molecule has 2 aromatic rings. The van der Waals surface area contributed by atoms with Gasteiger partial charge < -0.3 is 10.4 Å². The van der Waals surface area contributed by atoms with E-state index in [1.54, 1.807) is 26.0 Å². The van der Waals surface area contributed by atoms with Crippen LogP contribution in [0, 0.1) is 17.3 Å². The van der Waals surface area contributed by atoms with Crippen LogP contribution in [-0.4, -0.2) is 25.7 Å². The Kier molecular flexibility index (Phi) is 2.75. The normalized spacial score (nSPS) is 23.5. The number of rotatable bonds is 3. The Morgan fingerprint density at radius 1 is 1.30 bits per heavy atom. The fraction of sp³-hybridized carbons (Fsp3) is 0.385. The summed E-state index contributed by atoms with van der Waals surface area (Å²) in [7, 11) is 0. The topological polar surface area (TPSA) is 92.2 Å². The van der Waals surface area contributed by atoms with Crippen LogP contribution in [0.15, 0.2) is 18.2 Å². The van der Waals surface area contributed by atoms with Crippen molar-refractivity contribution in [1.82, 2.24) is 8.75 Å². The lowest BCUT2D eigenvalue weighted by Gasteiger charge is -2.06. The van der Waals surface area contributed by atoms with E-state index in [9.17, 15) is 9.59 Å². The Hall–Kier alpha value is -2.02. The minimum atomic E-state index is -0.927. The second-order valence-electron chi connectivity index (χ2n) is 5.54. The van der Waals surface area contributed by atoms with Crippen molar-refractivity contribution < 1.29 is 14.7 Å². The molecule has 0 radical (unpaired) electrons. The Morgan fingerprint density at radius 2 is 2.05 bits per heavy atom. The van der Waals surface area contributed by atoms with E-state index in [1.807, 2.05) is 6.07 Å². The fourth-order valence-corrected chi connectivity index (χ4v) is 3.26. The molecule has 7 heteroatoms. The lowest BCUT2D eigenvalue weighted by Crippen LogP contribution is -2.17. The van der Waals surface area contributed by atoms with E-state index in [-0.39, 0.29) is 5.91 Å². The first-order chi connectivity index (χ1) is 9.43. The highest BCUT2D eigenvalue weighted by atomic mass is 32.1. The van der Waals surface area contributed by atoms with Crippen LogP contribution in [0.5, 0.6) is 0 Å². The average Bonchev–Trinajstić information content (AvgIpc) is 2.73. The standard InChI is InChI=1S/C13H13N3O3S/c1-13(2)8(9(13)12(18)19)11(17)14-6-4-3-5-7-10(6)16-20-15-7/h3-5,8-9H,1-2H3,(H,14,17)(H,18,19)/t8-,9-/m1/s1. The molecule has 3 rings (SSSR count). The summed E-state index contributed by atoms with van der Waals surface area (Å²) >= 11 is 1.08. The molecule has 1 amide bonds. The van der Waals surface area contributed by atoms with E-state index in [0.29, 0.717) is 11.2 Å². The van der Waals surface area contributed by atoms with Gasteiger partial charge in [0.1, 0.15) is 11.0 Å². The first kappa shape index (κ1) is 13.0. The minimum Gasteiger partial charge on any atom is -0.481 e. The molecule has 6 nitrogen and oxygen atoms in total. The predicted molar refractivity (Wildman–Crippen MR) is 74.4 cm³/mol. The monoisotopic (exact) mass is 291 g/mol. The Bertz CT molecular complexity index is 710. The molecule has 2 atom stereocenters.